The standard InChI is InChI=1S/C39H70N2O5S.C18H32O.2CH4/c1-5-7-9-11-13-16-21-33(22-17-14-12-10-8-6-2)31-45-32-44-27-19-15-18-23-34(42)29-36-38(35-24-25-40-30-37(35)47-36)39(43)46-28-20-26-41(3)4;1-2-3-4-5-6-7-8-9-10-11-12-13-14-15-16-17-18-19;;/h33,40H,5-32H2,1-4H3;6-7,9-10,18H,2-5,8,11-17H2,1H3;2*1H4/b;7-6-,10-9-;;. The summed E-state index contributed by atoms with van der Waals surface area (Å²) in [6, 6.07) is 0. The fourth-order valence-corrected chi connectivity index (χ4v) is 9.79. The first-order valence-corrected chi connectivity index (χ1v) is 28.3. The van der Waals surface area contributed by atoms with E-state index in [1.54, 1.807) is 11.3 Å². The molecule has 8 nitrogen and oxygen atoms in total. The molecule has 0 aliphatic carbocycles. The van der Waals surface area contributed by atoms with Crippen molar-refractivity contribution in [2.24, 2.45) is 5.92 Å². The highest BCUT2D eigenvalue weighted by molar-refractivity contribution is 7.12. The Morgan fingerprint density at radius 1 is 0.662 bits per heavy atom. The largest absolute Gasteiger partial charge is 0.462 e. The number of hydrogen-bond donors (Lipinski definition) is 1. The third-order valence-corrected chi connectivity index (χ3v) is 13.7. The molecule has 2 rings (SSSR count). The summed E-state index contributed by atoms with van der Waals surface area (Å²) in [6.45, 7) is 11.5. The number of aldehydes is 1. The van der Waals surface area contributed by atoms with Gasteiger partial charge >= 0.3 is 5.97 Å². The number of carbonyl (C=O) groups excluding carboxylic acids is 3. The predicted molar refractivity (Wildman–Crippen MR) is 295 cm³/mol. The van der Waals surface area contributed by atoms with Gasteiger partial charge in [0, 0.05) is 48.7 Å². The second kappa shape index (κ2) is 51.2. The normalized spacial score (nSPS) is 12.3. The maximum absolute atomic E-state index is 13.1. The number of nitrogens with zero attached hydrogens (tertiary/aromatic N) is 1. The first-order valence-electron chi connectivity index (χ1n) is 27.4. The second-order valence-electron chi connectivity index (χ2n) is 19.1. The van der Waals surface area contributed by atoms with Gasteiger partial charge in [-0.3, -0.25) is 4.79 Å². The smallest absolute Gasteiger partial charge is 0.339 e. The lowest BCUT2D eigenvalue weighted by Crippen LogP contribution is -2.24. The van der Waals surface area contributed by atoms with Crippen molar-refractivity contribution >= 4 is 29.4 Å². The molecule has 1 aromatic rings. The van der Waals surface area contributed by atoms with Crippen molar-refractivity contribution in [3.05, 3.63) is 45.2 Å². The van der Waals surface area contributed by atoms with Gasteiger partial charge in [-0.2, -0.15) is 0 Å². The number of Topliss-reactive ketones (excluding diaryl/α,β-unsaturated/α-hetero) is 1. The van der Waals surface area contributed by atoms with Crippen LogP contribution in [0.15, 0.2) is 24.3 Å². The molecule has 1 aliphatic heterocycles. The molecule has 1 aromatic heterocycles. The number of hydrogen-bond acceptors (Lipinski definition) is 9. The molecule has 1 N–H and O–H groups in total. The summed E-state index contributed by atoms with van der Waals surface area (Å²) in [5.74, 6) is 0.586. The molecule has 9 heteroatoms. The van der Waals surface area contributed by atoms with E-state index in [0.717, 1.165) is 94.3 Å². The van der Waals surface area contributed by atoms with Crippen molar-refractivity contribution in [2.75, 3.05) is 53.8 Å². The lowest BCUT2D eigenvalue weighted by atomic mass is 9.95. The number of fused-ring (bicyclic) bond motifs is 1. The molecule has 0 saturated heterocycles. The minimum atomic E-state index is -0.263. The molecule has 0 aromatic carbocycles. The van der Waals surface area contributed by atoms with Crippen molar-refractivity contribution in [1.82, 2.24) is 10.2 Å². The molecular formula is C59H110N2O6S. The highest BCUT2D eigenvalue weighted by Gasteiger charge is 2.27. The number of esters is 1. The van der Waals surface area contributed by atoms with Crippen LogP contribution in [-0.4, -0.2) is 76.7 Å². The lowest BCUT2D eigenvalue weighted by molar-refractivity contribution is -0.118. The second-order valence-corrected chi connectivity index (χ2v) is 20.3. The van der Waals surface area contributed by atoms with E-state index in [-0.39, 0.29) is 26.6 Å². The summed E-state index contributed by atoms with van der Waals surface area (Å²) < 4.78 is 17.4. The molecular weight excluding hydrogens is 865 g/mol. The monoisotopic (exact) mass is 975 g/mol. The van der Waals surface area contributed by atoms with E-state index < -0.39 is 0 Å². The van der Waals surface area contributed by atoms with Crippen LogP contribution in [0, 0.1) is 5.92 Å². The number of thiophene rings is 1. The van der Waals surface area contributed by atoms with Gasteiger partial charge in [-0.05, 0) is 109 Å². The maximum Gasteiger partial charge on any atom is 0.339 e. The average Bonchev–Trinajstić information content (AvgIpc) is 3.68. The van der Waals surface area contributed by atoms with Gasteiger partial charge in [0.25, 0.3) is 0 Å². The lowest BCUT2D eigenvalue weighted by Gasteiger charge is -2.17. The SMILES string of the molecule is C.C.CCCCC/C=C\C/C=C\CCCCCCCC=O.CCCCCCCCC(CCCCCCCC)COCOCCCCCC(=O)Cc1sc2c(c1C(=O)OCCCN(C)C)CCNC2. The van der Waals surface area contributed by atoms with Gasteiger partial charge in [-0.25, -0.2) is 4.79 Å². The van der Waals surface area contributed by atoms with E-state index in [2.05, 4.69) is 55.3 Å². The molecule has 68 heavy (non-hydrogen) atoms. The van der Waals surface area contributed by atoms with Crippen molar-refractivity contribution < 1.29 is 28.6 Å². The highest BCUT2D eigenvalue weighted by atomic mass is 32.1. The summed E-state index contributed by atoms with van der Waals surface area (Å²) in [7, 11) is 4.03. The van der Waals surface area contributed by atoms with Crippen LogP contribution in [0.1, 0.15) is 260 Å². The van der Waals surface area contributed by atoms with E-state index in [0.29, 0.717) is 44.3 Å². The van der Waals surface area contributed by atoms with Crippen molar-refractivity contribution in [3.63, 3.8) is 0 Å². The predicted octanol–water partition coefficient (Wildman–Crippen LogP) is 16.6. The van der Waals surface area contributed by atoms with Gasteiger partial charge in [-0.15, -0.1) is 11.3 Å². The molecule has 398 valence electrons. The fraction of sp³-hybridized carbons (Fsp3) is 0.814. The molecule has 0 atom stereocenters. The number of nitrogens with one attached hydrogen (secondary N) is 1. The Labute approximate surface area is 425 Å². The zero-order valence-electron chi connectivity index (χ0n) is 43.6. The molecule has 0 spiro atoms. The highest BCUT2D eigenvalue weighted by Crippen LogP contribution is 2.33. The first-order chi connectivity index (χ1) is 32.4. The summed E-state index contributed by atoms with van der Waals surface area (Å²) in [5, 5.41) is 3.39. The zero-order chi connectivity index (χ0) is 48.0. The van der Waals surface area contributed by atoms with Crippen molar-refractivity contribution in [3.8, 4) is 0 Å². The van der Waals surface area contributed by atoms with Crippen molar-refractivity contribution in [1.29, 1.82) is 0 Å². The fourth-order valence-electron chi connectivity index (χ4n) is 8.45. The summed E-state index contributed by atoms with van der Waals surface area (Å²) in [5.41, 5.74) is 1.75. The van der Waals surface area contributed by atoms with Gasteiger partial charge in [-0.1, -0.05) is 176 Å². The molecule has 0 fully saturated rings. The van der Waals surface area contributed by atoms with Crippen LogP contribution >= 0.6 is 11.3 Å². The van der Waals surface area contributed by atoms with Crippen LogP contribution in [0.4, 0.5) is 0 Å². The Hall–Kier alpha value is -2.17. The Kier molecular flexibility index (Phi) is 51.1. The van der Waals surface area contributed by atoms with Crippen molar-refractivity contribution in [2.45, 2.75) is 254 Å². The first kappa shape index (κ1) is 67.9. The minimum Gasteiger partial charge on any atom is -0.462 e. The van der Waals surface area contributed by atoms with E-state index in [1.807, 2.05) is 14.1 Å². The molecule has 0 unspecified atom stereocenters. The van der Waals surface area contributed by atoms with E-state index >= 15 is 0 Å². The number of unbranched alkanes of at least 4 members (excludes halogenated alkanes) is 21. The number of rotatable bonds is 45. The summed E-state index contributed by atoms with van der Waals surface area (Å²) in [6.07, 6.45) is 48.6. The number of allylic oxidation sites excluding steroid dienone is 4. The molecule has 1 aliphatic rings. The zero-order valence-corrected chi connectivity index (χ0v) is 44.4. The van der Waals surface area contributed by atoms with Crippen LogP contribution in [0.3, 0.4) is 0 Å². The van der Waals surface area contributed by atoms with E-state index in [4.69, 9.17) is 14.2 Å². The third-order valence-electron chi connectivity index (χ3n) is 12.5. The quantitative estimate of drug-likeness (QED) is 0.0227. The Morgan fingerprint density at radius 2 is 1.22 bits per heavy atom. The maximum atomic E-state index is 13.1. The molecule has 0 amide bonds. The van der Waals surface area contributed by atoms with E-state index in [9.17, 15) is 14.4 Å². The van der Waals surface area contributed by atoms with Crippen LogP contribution < -0.4 is 5.32 Å². The average molecular weight is 976 g/mol. The molecule has 0 bridgehead atoms. The van der Waals surface area contributed by atoms with Crippen LogP contribution in [-0.2, 0) is 43.2 Å². The minimum absolute atomic E-state index is 0. The number of ether oxygens (including phenoxy) is 3. The van der Waals surface area contributed by atoms with Gasteiger partial charge in [0.2, 0.25) is 0 Å². The third kappa shape index (κ3) is 39.5. The Bertz CT molecular complexity index is 1330. The van der Waals surface area contributed by atoms with Crippen LogP contribution in [0.5, 0.6) is 0 Å². The molecule has 2 heterocycles. The Morgan fingerprint density at radius 3 is 1.84 bits per heavy atom. The van der Waals surface area contributed by atoms with Gasteiger partial charge < -0.3 is 29.2 Å². The van der Waals surface area contributed by atoms with Gasteiger partial charge in [0.05, 0.1) is 18.8 Å². The summed E-state index contributed by atoms with van der Waals surface area (Å²) in [4.78, 5) is 40.3. The van der Waals surface area contributed by atoms with E-state index in [1.165, 1.54) is 153 Å². The van der Waals surface area contributed by atoms with Crippen LogP contribution in [0.2, 0.25) is 0 Å². The van der Waals surface area contributed by atoms with Crippen LogP contribution in [0.25, 0.3) is 0 Å². The number of carbonyl (C=O) groups is 3. The number of ketones is 1. The summed E-state index contributed by atoms with van der Waals surface area (Å²) >= 11 is 1.61. The van der Waals surface area contributed by atoms with Gasteiger partial charge in [0.1, 0.15) is 18.9 Å². The van der Waals surface area contributed by atoms with Gasteiger partial charge in [0.15, 0.2) is 0 Å². The topological polar surface area (TPSA) is 94.2 Å². The molecule has 0 radical (unpaired) electrons. The Balaban J connectivity index is 0. The molecule has 0 saturated carbocycles.